The van der Waals surface area contributed by atoms with Crippen LogP contribution in [0.4, 0.5) is 0 Å². The second-order valence-corrected chi connectivity index (χ2v) is 0.932. The molecule has 0 bridgehead atoms. The summed E-state index contributed by atoms with van der Waals surface area (Å²) in [6.45, 7) is 0. The molecule has 6 heavy (non-hydrogen) atoms. The molecule has 0 unspecified atom stereocenters. The number of rotatable bonds is 0. The Labute approximate surface area is 35.7 Å². The van der Waals surface area contributed by atoms with Gasteiger partial charge in [-0.15, -0.1) is 0 Å². The van der Waals surface area contributed by atoms with Crippen molar-refractivity contribution < 1.29 is 9.44 Å². The van der Waals surface area contributed by atoms with Crippen LogP contribution in [0.1, 0.15) is 0 Å². The Morgan fingerprint density at radius 3 is 2.83 bits per heavy atom. The third-order valence-electron chi connectivity index (χ3n) is 0.495. The summed E-state index contributed by atoms with van der Waals surface area (Å²) in [6.07, 6.45) is 0. The van der Waals surface area contributed by atoms with Crippen LogP contribution in [0.3, 0.4) is 0 Å². The van der Waals surface area contributed by atoms with Gasteiger partial charge in [0.2, 0.25) is 0 Å². The van der Waals surface area contributed by atoms with Gasteiger partial charge in [-0.3, -0.25) is 0 Å². The second-order valence-electron chi connectivity index (χ2n) is 0.932. The predicted octanol–water partition coefficient (Wildman–Crippen LogP) is 0.761. The third-order valence-corrected chi connectivity index (χ3v) is 0.495. The monoisotopic (exact) mass is 81.0 g/mol. The van der Waals surface area contributed by atoms with Gasteiger partial charge in [-0.1, -0.05) is 0 Å². The summed E-state index contributed by atoms with van der Waals surface area (Å²) in [5, 5.41) is 9.90. The van der Waals surface area contributed by atoms with Gasteiger partial charge in [0.05, 0.1) is 0 Å². The Morgan fingerprint density at radius 1 is 1.83 bits per heavy atom. The molecule has 1 radical (unpaired) electrons. The second kappa shape index (κ2) is 1.16. The molecule has 2 nitrogen and oxygen atoms in total. The van der Waals surface area contributed by atoms with E-state index >= 15 is 0 Å². The predicted molar refractivity (Wildman–Crippen MR) is 20.2 cm³/mol. The Kier molecular flexibility index (Phi) is 0.672. The molecule has 1 heterocycles. The first-order valence-corrected chi connectivity index (χ1v) is 1.60. The van der Waals surface area contributed by atoms with E-state index in [9.17, 15) is 5.11 Å². The van der Waals surface area contributed by atoms with Gasteiger partial charge >= 0.3 is 34.5 Å². The molecule has 0 aliphatic carbocycles. The van der Waals surface area contributed by atoms with Gasteiger partial charge in [0, 0.05) is 0 Å². The van der Waals surface area contributed by atoms with Crippen LogP contribution in [-0.4, -0.2) is 7.13 Å². The molecule has 0 saturated carbocycles. The fourth-order valence-corrected chi connectivity index (χ4v) is 0.263. The van der Waals surface area contributed by atoms with Crippen molar-refractivity contribution >= 4 is 7.13 Å². The summed E-state index contributed by atoms with van der Waals surface area (Å²) in [6, 6.07) is 1.36. The molecular formula is C3H2BO2. The minimum atomic E-state index is -0.282. The zero-order chi connectivity index (χ0) is 4.41. The Morgan fingerprint density at radius 2 is 2.67 bits per heavy atom. The molecule has 0 spiro atoms. The molecule has 0 aliphatic rings. The van der Waals surface area contributed by atoms with Crippen LogP contribution >= 0.6 is 0 Å². The van der Waals surface area contributed by atoms with Crippen molar-refractivity contribution in [2.75, 3.05) is 0 Å². The van der Waals surface area contributed by atoms with Crippen molar-refractivity contribution in [3.63, 3.8) is 0 Å². The van der Waals surface area contributed by atoms with Crippen molar-refractivity contribution in [1.29, 1.82) is 0 Å². The SMILES string of the molecule is [O]c1ccbo1. The van der Waals surface area contributed by atoms with Crippen LogP contribution in [0.25, 0.3) is 0 Å². The molecule has 1 aromatic rings. The Hall–Kier alpha value is -0.725. The van der Waals surface area contributed by atoms with Gasteiger partial charge in [0.25, 0.3) is 0 Å². The van der Waals surface area contributed by atoms with E-state index in [0.717, 1.165) is 0 Å². The zero-order valence-corrected chi connectivity index (χ0v) is 3.05. The zero-order valence-electron chi connectivity index (χ0n) is 3.05. The van der Waals surface area contributed by atoms with Crippen molar-refractivity contribution in [2.24, 2.45) is 0 Å². The van der Waals surface area contributed by atoms with Crippen LogP contribution in [0.5, 0.6) is 5.95 Å². The average Bonchev–Trinajstić information content (AvgIpc) is 1.86. The molecule has 3 heteroatoms. The maximum absolute atomic E-state index is 9.90. The van der Waals surface area contributed by atoms with E-state index in [4.69, 9.17) is 0 Å². The van der Waals surface area contributed by atoms with Crippen molar-refractivity contribution in [1.82, 2.24) is 0 Å². The number of hydrogen-bond donors (Lipinski definition) is 0. The normalized spacial score (nSPS) is 8.00. The van der Waals surface area contributed by atoms with Crippen LogP contribution in [0, 0.1) is 0 Å². The molecule has 29 valence electrons. The third kappa shape index (κ3) is 0.430. The van der Waals surface area contributed by atoms with Gasteiger partial charge in [-0.05, 0) is 0 Å². The fourth-order valence-electron chi connectivity index (χ4n) is 0.263. The topological polar surface area (TPSA) is 33.0 Å². The molecule has 0 N–H and O–H groups in total. The summed E-state index contributed by atoms with van der Waals surface area (Å²) in [5.74, 6) is 1.28. The standard InChI is InChI=1S/C3H2BO2/c5-3-1-2-4-6-3/h1-2H. The maximum atomic E-state index is 9.90. The molecule has 0 atom stereocenters. The van der Waals surface area contributed by atoms with E-state index in [0.29, 0.717) is 0 Å². The Bertz CT molecular complexity index is 112. The minimum absolute atomic E-state index is 0.282. The first kappa shape index (κ1) is 3.46. The molecule has 0 saturated heterocycles. The van der Waals surface area contributed by atoms with Crippen LogP contribution in [0.15, 0.2) is 16.4 Å². The average molecular weight is 80.9 g/mol. The molecule has 1 aromatic heterocycles. The molecule has 1 rings (SSSR count). The van der Waals surface area contributed by atoms with E-state index < -0.39 is 0 Å². The summed E-state index contributed by atoms with van der Waals surface area (Å²) >= 11 is 0. The van der Waals surface area contributed by atoms with Gasteiger partial charge in [0.15, 0.2) is 0 Å². The quantitative estimate of drug-likeness (QED) is 0.453. The van der Waals surface area contributed by atoms with E-state index in [-0.39, 0.29) is 5.95 Å². The van der Waals surface area contributed by atoms with Gasteiger partial charge in [-0.2, -0.15) is 0 Å². The summed E-state index contributed by atoms with van der Waals surface area (Å²) in [5.41, 5.74) is 0. The van der Waals surface area contributed by atoms with Gasteiger partial charge in [-0.25, -0.2) is 0 Å². The molecule has 0 aromatic carbocycles. The van der Waals surface area contributed by atoms with E-state index in [1.165, 1.54) is 13.2 Å². The van der Waals surface area contributed by atoms with E-state index in [1.54, 1.807) is 5.96 Å². The Balaban J connectivity index is 3.05. The first-order chi connectivity index (χ1) is 2.89. The van der Waals surface area contributed by atoms with Crippen molar-refractivity contribution in [3.05, 3.63) is 12.0 Å². The molecule has 0 fully saturated rings. The number of hydrogen-bond acceptors (Lipinski definition) is 1. The molecule has 0 aliphatic heterocycles. The van der Waals surface area contributed by atoms with Crippen molar-refractivity contribution in [2.45, 2.75) is 0 Å². The van der Waals surface area contributed by atoms with E-state index in [2.05, 4.69) is 4.33 Å². The molecular weight excluding hydrogens is 78.8 g/mol. The van der Waals surface area contributed by atoms with Crippen LogP contribution < -0.4 is 0 Å². The summed E-state index contributed by atoms with van der Waals surface area (Å²) in [7, 11) is 1.35. The summed E-state index contributed by atoms with van der Waals surface area (Å²) < 4.78 is 4.28. The fraction of sp³-hybridized carbons (Fsp3) is 0. The first-order valence-electron chi connectivity index (χ1n) is 1.60. The van der Waals surface area contributed by atoms with Crippen LogP contribution in [-0.2, 0) is 5.11 Å². The van der Waals surface area contributed by atoms with E-state index in [1.807, 2.05) is 0 Å². The van der Waals surface area contributed by atoms with Gasteiger partial charge in [0.1, 0.15) is 0 Å². The van der Waals surface area contributed by atoms with Gasteiger partial charge < -0.3 is 0 Å². The molecule has 0 amide bonds. The summed E-state index contributed by atoms with van der Waals surface area (Å²) in [4.78, 5) is 0. The van der Waals surface area contributed by atoms with Crippen LogP contribution in [0.2, 0.25) is 0 Å². The van der Waals surface area contributed by atoms with Crippen molar-refractivity contribution in [3.8, 4) is 5.95 Å².